The van der Waals surface area contributed by atoms with Crippen molar-refractivity contribution < 1.29 is 4.79 Å². The Kier molecular flexibility index (Phi) is 4.04. The van der Waals surface area contributed by atoms with Crippen LogP contribution in [0.4, 0.5) is 4.79 Å². The van der Waals surface area contributed by atoms with Gasteiger partial charge in [0.25, 0.3) is 0 Å². The van der Waals surface area contributed by atoms with E-state index in [1.54, 1.807) is 0 Å². The predicted molar refractivity (Wildman–Crippen MR) is 64.2 cm³/mol. The molecule has 0 saturated carbocycles. The van der Waals surface area contributed by atoms with E-state index >= 15 is 0 Å². The van der Waals surface area contributed by atoms with Gasteiger partial charge in [0.1, 0.15) is 0 Å². The number of piperidine rings is 2. The molecule has 1 unspecified atom stereocenters. The first-order chi connectivity index (χ1) is 7.83. The van der Waals surface area contributed by atoms with Crippen molar-refractivity contribution in [3.8, 4) is 0 Å². The monoisotopic (exact) mass is 225 g/mol. The summed E-state index contributed by atoms with van der Waals surface area (Å²) in [6, 6.07) is 0.512. The van der Waals surface area contributed by atoms with E-state index in [1.165, 1.54) is 12.8 Å². The van der Waals surface area contributed by atoms with Gasteiger partial charge in [-0.15, -0.1) is 0 Å². The van der Waals surface area contributed by atoms with Crippen molar-refractivity contribution in [2.24, 2.45) is 5.73 Å². The van der Waals surface area contributed by atoms with Crippen LogP contribution in [0.3, 0.4) is 0 Å². The molecule has 0 aliphatic carbocycles. The van der Waals surface area contributed by atoms with Gasteiger partial charge in [0.15, 0.2) is 0 Å². The maximum atomic E-state index is 12.3. The van der Waals surface area contributed by atoms with E-state index in [-0.39, 0.29) is 12.1 Å². The summed E-state index contributed by atoms with van der Waals surface area (Å²) in [7, 11) is 0. The first-order valence-electron chi connectivity index (χ1n) is 6.58. The molecule has 2 saturated heterocycles. The third-order valence-electron chi connectivity index (χ3n) is 3.77. The van der Waals surface area contributed by atoms with Crippen LogP contribution in [0.5, 0.6) is 0 Å². The molecule has 0 radical (unpaired) electrons. The number of carbonyl (C=O) groups is 1. The normalized spacial score (nSPS) is 26.9. The predicted octanol–water partition coefficient (Wildman–Crippen LogP) is 1.41. The van der Waals surface area contributed by atoms with Crippen LogP contribution >= 0.6 is 0 Å². The lowest BCUT2D eigenvalue weighted by Gasteiger charge is -2.39. The molecule has 1 atom stereocenters. The van der Waals surface area contributed by atoms with Crippen molar-refractivity contribution in [1.82, 2.24) is 9.80 Å². The lowest BCUT2D eigenvalue weighted by molar-refractivity contribution is 0.111. The number of hydrogen-bond donors (Lipinski definition) is 1. The van der Waals surface area contributed by atoms with Crippen molar-refractivity contribution in [2.45, 2.75) is 44.6 Å². The molecule has 0 aromatic carbocycles. The maximum Gasteiger partial charge on any atom is 0.320 e. The average molecular weight is 225 g/mol. The number of hydrogen-bond acceptors (Lipinski definition) is 2. The number of carbonyl (C=O) groups excluding carboxylic acids is 1. The summed E-state index contributed by atoms with van der Waals surface area (Å²) < 4.78 is 0. The molecule has 2 aliphatic heterocycles. The lowest BCUT2D eigenvalue weighted by atomic mass is 10.0. The Morgan fingerprint density at radius 2 is 1.75 bits per heavy atom. The van der Waals surface area contributed by atoms with Crippen LogP contribution in [0.25, 0.3) is 0 Å². The first kappa shape index (κ1) is 11.7. The number of rotatable bonds is 1. The third-order valence-corrected chi connectivity index (χ3v) is 3.77. The minimum atomic E-state index is 0.231. The highest BCUT2D eigenvalue weighted by atomic mass is 16.2. The molecule has 16 heavy (non-hydrogen) atoms. The first-order valence-corrected chi connectivity index (χ1v) is 6.58. The van der Waals surface area contributed by atoms with Gasteiger partial charge in [0.05, 0.1) is 0 Å². The highest BCUT2D eigenvalue weighted by Crippen LogP contribution is 2.19. The van der Waals surface area contributed by atoms with Crippen molar-refractivity contribution in [3.63, 3.8) is 0 Å². The van der Waals surface area contributed by atoms with E-state index in [0.29, 0.717) is 6.54 Å². The van der Waals surface area contributed by atoms with Crippen molar-refractivity contribution in [3.05, 3.63) is 0 Å². The summed E-state index contributed by atoms with van der Waals surface area (Å²) in [6.45, 7) is 3.38. The Morgan fingerprint density at radius 3 is 2.44 bits per heavy atom. The Labute approximate surface area is 97.8 Å². The van der Waals surface area contributed by atoms with Gasteiger partial charge in [-0.05, 0) is 38.5 Å². The second-order valence-corrected chi connectivity index (χ2v) is 4.91. The van der Waals surface area contributed by atoms with Crippen LogP contribution < -0.4 is 5.73 Å². The van der Waals surface area contributed by atoms with Crippen LogP contribution in [0, 0.1) is 0 Å². The van der Waals surface area contributed by atoms with Gasteiger partial charge in [0.2, 0.25) is 0 Å². The van der Waals surface area contributed by atoms with E-state index in [4.69, 9.17) is 5.73 Å². The molecule has 0 aromatic heterocycles. The van der Waals surface area contributed by atoms with Crippen LogP contribution in [0.2, 0.25) is 0 Å². The molecule has 2 heterocycles. The second kappa shape index (κ2) is 5.53. The van der Waals surface area contributed by atoms with Crippen LogP contribution in [-0.4, -0.2) is 48.1 Å². The summed E-state index contributed by atoms with van der Waals surface area (Å²) >= 11 is 0. The van der Waals surface area contributed by atoms with Gasteiger partial charge in [-0.3, -0.25) is 0 Å². The molecular formula is C12H23N3O. The standard InChI is InChI=1S/C12H23N3O/c13-10-11-6-2-5-9-15(11)12(16)14-7-3-1-4-8-14/h11H,1-10,13H2. The van der Waals surface area contributed by atoms with Crippen LogP contribution in [-0.2, 0) is 0 Å². The maximum absolute atomic E-state index is 12.3. The molecule has 92 valence electrons. The molecule has 2 amide bonds. The van der Waals surface area contributed by atoms with Gasteiger partial charge in [0, 0.05) is 32.2 Å². The molecular weight excluding hydrogens is 202 g/mol. The number of nitrogens with two attached hydrogens (primary N) is 1. The zero-order valence-corrected chi connectivity index (χ0v) is 10.0. The summed E-state index contributed by atoms with van der Waals surface area (Å²) in [5.41, 5.74) is 5.75. The molecule has 0 spiro atoms. The molecule has 2 fully saturated rings. The van der Waals surface area contributed by atoms with Crippen molar-refractivity contribution >= 4 is 6.03 Å². The van der Waals surface area contributed by atoms with Gasteiger partial charge in [-0.1, -0.05) is 0 Å². The largest absolute Gasteiger partial charge is 0.328 e. The quantitative estimate of drug-likeness (QED) is 0.733. The third kappa shape index (κ3) is 2.48. The van der Waals surface area contributed by atoms with E-state index in [1.807, 2.05) is 9.80 Å². The highest BCUT2D eigenvalue weighted by molar-refractivity contribution is 5.75. The topological polar surface area (TPSA) is 49.6 Å². The molecule has 4 heteroatoms. The SMILES string of the molecule is NCC1CCCCN1C(=O)N1CCCCC1. The summed E-state index contributed by atoms with van der Waals surface area (Å²) in [5.74, 6) is 0. The molecule has 2 N–H and O–H groups in total. The minimum absolute atomic E-state index is 0.231. The van der Waals surface area contributed by atoms with E-state index in [0.717, 1.165) is 45.3 Å². The second-order valence-electron chi connectivity index (χ2n) is 4.91. The lowest BCUT2D eigenvalue weighted by Crippen LogP contribution is -2.53. The number of urea groups is 1. The molecule has 0 bridgehead atoms. The Hall–Kier alpha value is -0.770. The van der Waals surface area contributed by atoms with Crippen LogP contribution in [0.1, 0.15) is 38.5 Å². The zero-order chi connectivity index (χ0) is 11.4. The summed E-state index contributed by atoms with van der Waals surface area (Å²) in [4.78, 5) is 16.3. The highest BCUT2D eigenvalue weighted by Gasteiger charge is 2.29. The average Bonchev–Trinajstić information content (AvgIpc) is 2.39. The Morgan fingerprint density at radius 1 is 1.06 bits per heavy atom. The van der Waals surface area contributed by atoms with Gasteiger partial charge >= 0.3 is 6.03 Å². The number of likely N-dealkylation sites (tertiary alicyclic amines) is 2. The summed E-state index contributed by atoms with van der Waals surface area (Å²) in [6.07, 6.45) is 7.02. The van der Waals surface area contributed by atoms with Gasteiger partial charge in [-0.25, -0.2) is 4.79 Å². The molecule has 2 aliphatic rings. The zero-order valence-electron chi connectivity index (χ0n) is 10.0. The molecule has 0 aromatic rings. The Balaban J connectivity index is 1.95. The van der Waals surface area contributed by atoms with Gasteiger partial charge < -0.3 is 15.5 Å². The van der Waals surface area contributed by atoms with Crippen molar-refractivity contribution in [2.75, 3.05) is 26.2 Å². The fraction of sp³-hybridized carbons (Fsp3) is 0.917. The van der Waals surface area contributed by atoms with E-state index < -0.39 is 0 Å². The van der Waals surface area contributed by atoms with E-state index in [2.05, 4.69) is 0 Å². The fourth-order valence-electron chi connectivity index (χ4n) is 2.76. The van der Waals surface area contributed by atoms with E-state index in [9.17, 15) is 4.79 Å². The van der Waals surface area contributed by atoms with Crippen LogP contribution in [0.15, 0.2) is 0 Å². The number of amides is 2. The minimum Gasteiger partial charge on any atom is -0.328 e. The number of nitrogens with zero attached hydrogens (tertiary/aromatic N) is 2. The summed E-state index contributed by atoms with van der Waals surface area (Å²) in [5, 5.41) is 0. The smallest absolute Gasteiger partial charge is 0.320 e. The van der Waals surface area contributed by atoms with Crippen molar-refractivity contribution in [1.29, 1.82) is 0 Å². The molecule has 2 rings (SSSR count). The fourth-order valence-corrected chi connectivity index (χ4v) is 2.76. The Bertz CT molecular complexity index is 238. The molecule has 4 nitrogen and oxygen atoms in total. The van der Waals surface area contributed by atoms with Gasteiger partial charge in [-0.2, -0.15) is 0 Å².